The highest BCUT2D eigenvalue weighted by Gasteiger charge is 2.15. The summed E-state index contributed by atoms with van der Waals surface area (Å²) in [4.78, 5) is 20.3. The second-order valence-electron chi connectivity index (χ2n) is 8.21. The average Bonchev–Trinajstić information content (AvgIpc) is 3.42. The van der Waals surface area contributed by atoms with E-state index in [1.54, 1.807) is 12.3 Å². The molecule has 0 bridgehead atoms. The molecule has 170 valence electrons. The van der Waals surface area contributed by atoms with E-state index < -0.39 is 0 Å². The summed E-state index contributed by atoms with van der Waals surface area (Å²) in [6.45, 7) is 6.39. The van der Waals surface area contributed by atoms with E-state index in [2.05, 4.69) is 46.5 Å². The van der Waals surface area contributed by atoms with Crippen molar-refractivity contribution in [3.63, 3.8) is 0 Å². The zero-order valence-electron chi connectivity index (χ0n) is 19.3. The van der Waals surface area contributed by atoms with Crippen LogP contribution >= 0.6 is 0 Å². The number of benzene rings is 3. The minimum atomic E-state index is -0.273. The third kappa shape index (κ3) is 4.18. The zero-order chi connectivity index (χ0) is 23.7. The van der Waals surface area contributed by atoms with E-state index in [9.17, 15) is 4.79 Å². The maximum Gasteiger partial charge on any atom is 0.250 e. The molecule has 0 saturated carbocycles. The van der Waals surface area contributed by atoms with Crippen LogP contribution in [-0.4, -0.2) is 22.5 Å². The number of nitrogens with one attached hydrogen (secondary N) is 2. The molecule has 0 radical (unpaired) electrons. The lowest BCUT2D eigenvalue weighted by Crippen LogP contribution is -2.10. The Morgan fingerprint density at radius 1 is 1.15 bits per heavy atom. The number of hydrogen-bond acceptors (Lipinski definition) is 4. The summed E-state index contributed by atoms with van der Waals surface area (Å²) in [6.07, 6.45) is 3.32. The van der Waals surface area contributed by atoms with Crippen molar-refractivity contribution >= 4 is 39.4 Å². The van der Waals surface area contributed by atoms with Crippen molar-refractivity contribution in [1.29, 1.82) is 0 Å². The smallest absolute Gasteiger partial charge is 0.250 e. The Morgan fingerprint density at radius 2 is 1.94 bits per heavy atom. The number of H-pyrrole nitrogens is 1. The maximum atomic E-state index is 12.8. The van der Waals surface area contributed by atoms with Gasteiger partial charge in [-0.25, -0.2) is 4.98 Å². The van der Waals surface area contributed by atoms with Crippen molar-refractivity contribution < 1.29 is 13.9 Å². The predicted octanol–water partition coefficient (Wildman–Crippen LogP) is 6.73. The number of aromatic nitrogens is 2. The van der Waals surface area contributed by atoms with Gasteiger partial charge in [0.2, 0.25) is 5.95 Å². The van der Waals surface area contributed by atoms with E-state index in [0.29, 0.717) is 18.3 Å². The molecule has 0 aliphatic heterocycles. The van der Waals surface area contributed by atoms with E-state index >= 15 is 0 Å². The largest absolute Gasteiger partial charge is 0.493 e. The van der Waals surface area contributed by atoms with Gasteiger partial charge in [0.25, 0.3) is 5.91 Å². The Hall–Kier alpha value is -4.32. The zero-order valence-corrected chi connectivity index (χ0v) is 19.3. The van der Waals surface area contributed by atoms with Gasteiger partial charge in [0, 0.05) is 28.7 Å². The molecule has 0 spiro atoms. The van der Waals surface area contributed by atoms with Crippen LogP contribution in [0, 0.1) is 6.92 Å². The van der Waals surface area contributed by atoms with Crippen molar-refractivity contribution in [3.8, 4) is 16.9 Å². The monoisotopic (exact) mass is 451 g/mol. The summed E-state index contributed by atoms with van der Waals surface area (Å²) >= 11 is 0. The molecule has 0 unspecified atom stereocenters. The van der Waals surface area contributed by atoms with Gasteiger partial charge in [-0.3, -0.25) is 10.1 Å². The van der Waals surface area contributed by atoms with Crippen molar-refractivity contribution in [3.05, 3.63) is 84.1 Å². The normalized spacial score (nSPS) is 11.8. The highest BCUT2D eigenvalue weighted by Crippen LogP contribution is 2.37. The molecule has 0 aliphatic carbocycles. The first-order chi connectivity index (χ1) is 16.5. The van der Waals surface area contributed by atoms with E-state index in [4.69, 9.17) is 9.15 Å². The molecule has 2 N–H and O–H groups in total. The molecule has 5 aromatic rings. The number of ether oxygens (including phenoxy) is 1. The van der Waals surface area contributed by atoms with E-state index in [-0.39, 0.29) is 5.91 Å². The number of furan rings is 1. The molecule has 0 aliphatic rings. The number of carbonyl (C=O) groups is 1. The Balaban J connectivity index is 1.50. The van der Waals surface area contributed by atoms with Crippen LogP contribution in [0.2, 0.25) is 0 Å². The number of fused-ring (bicyclic) bond motifs is 2. The standard InChI is InChI=1S/C28H25N3O3/c1-4-33-25-15-26-21(22(16-34-26)19-11-9-17(2)10-12-19)14-20(25)18(3)13-27(32)31-28-29-23-7-5-6-8-24(23)30-28/h5-16H,4H2,1-3H3,(H2,29,30,31,32)/b18-13+. The molecule has 0 atom stereocenters. The number of carbonyl (C=O) groups excluding carboxylic acids is 1. The number of para-hydroxylation sites is 2. The minimum Gasteiger partial charge on any atom is -0.493 e. The molecule has 3 aromatic carbocycles. The van der Waals surface area contributed by atoms with Gasteiger partial charge in [0.1, 0.15) is 11.3 Å². The molecule has 6 nitrogen and oxygen atoms in total. The van der Waals surface area contributed by atoms with Gasteiger partial charge in [0.15, 0.2) is 0 Å². The molecule has 5 rings (SSSR count). The number of rotatable bonds is 6. The van der Waals surface area contributed by atoms with E-state index in [0.717, 1.165) is 44.3 Å². The van der Waals surface area contributed by atoms with Crippen molar-refractivity contribution in [1.82, 2.24) is 9.97 Å². The van der Waals surface area contributed by atoms with Gasteiger partial charge in [-0.1, -0.05) is 42.0 Å². The highest BCUT2D eigenvalue weighted by atomic mass is 16.5. The summed E-state index contributed by atoms with van der Waals surface area (Å²) in [5.74, 6) is 0.808. The summed E-state index contributed by atoms with van der Waals surface area (Å²) < 4.78 is 11.7. The molecule has 1 amide bonds. The maximum absolute atomic E-state index is 12.8. The third-order valence-corrected chi connectivity index (χ3v) is 5.74. The second-order valence-corrected chi connectivity index (χ2v) is 8.21. The fraction of sp³-hybridized carbons (Fsp3) is 0.143. The first kappa shape index (κ1) is 21.5. The van der Waals surface area contributed by atoms with Crippen LogP contribution in [0.15, 0.2) is 77.4 Å². The van der Waals surface area contributed by atoms with Gasteiger partial charge < -0.3 is 14.1 Å². The number of nitrogens with zero attached hydrogens (tertiary/aromatic N) is 1. The van der Waals surface area contributed by atoms with Crippen LogP contribution in [-0.2, 0) is 4.79 Å². The predicted molar refractivity (Wildman–Crippen MR) is 136 cm³/mol. The number of allylic oxidation sites excluding steroid dienone is 1. The SMILES string of the molecule is CCOc1cc2occ(-c3ccc(C)cc3)c2cc1/C(C)=C/C(=O)Nc1nc2ccccc2[nH]1. The van der Waals surface area contributed by atoms with Gasteiger partial charge in [-0.15, -0.1) is 0 Å². The number of aromatic amines is 1. The lowest BCUT2D eigenvalue weighted by atomic mass is 9.99. The first-order valence-electron chi connectivity index (χ1n) is 11.2. The first-order valence-corrected chi connectivity index (χ1v) is 11.2. The molecule has 34 heavy (non-hydrogen) atoms. The average molecular weight is 452 g/mol. The lowest BCUT2D eigenvalue weighted by molar-refractivity contribution is -0.111. The Morgan fingerprint density at radius 3 is 2.71 bits per heavy atom. The fourth-order valence-corrected chi connectivity index (χ4v) is 4.03. The molecule has 0 fully saturated rings. The lowest BCUT2D eigenvalue weighted by Gasteiger charge is -2.11. The Labute approximate surface area is 197 Å². The Kier molecular flexibility index (Phi) is 5.64. The number of hydrogen-bond donors (Lipinski definition) is 2. The van der Waals surface area contributed by atoms with Crippen molar-refractivity contribution in [2.24, 2.45) is 0 Å². The summed E-state index contributed by atoms with van der Waals surface area (Å²) in [7, 11) is 0. The number of imidazole rings is 1. The van der Waals surface area contributed by atoms with Crippen molar-refractivity contribution in [2.75, 3.05) is 11.9 Å². The van der Waals surface area contributed by atoms with Gasteiger partial charge >= 0.3 is 0 Å². The van der Waals surface area contributed by atoms with Crippen LogP contribution in [0.1, 0.15) is 25.0 Å². The summed E-state index contributed by atoms with van der Waals surface area (Å²) in [6, 6.07) is 19.9. The fourth-order valence-electron chi connectivity index (χ4n) is 4.03. The summed E-state index contributed by atoms with van der Waals surface area (Å²) in [5, 5.41) is 3.78. The molecular formula is C28H25N3O3. The Bertz CT molecular complexity index is 1490. The van der Waals surface area contributed by atoms with Crippen LogP contribution < -0.4 is 10.1 Å². The second kappa shape index (κ2) is 8.90. The molecule has 6 heteroatoms. The molecule has 2 heterocycles. The van der Waals surface area contributed by atoms with Crippen LogP contribution in [0.5, 0.6) is 5.75 Å². The number of amides is 1. The van der Waals surface area contributed by atoms with Gasteiger partial charge in [-0.2, -0.15) is 0 Å². The van der Waals surface area contributed by atoms with Crippen LogP contribution in [0.3, 0.4) is 0 Å². The van der Waals surface area contributed by atoms with Crippen molar-refractivity contribution in [2.45, 2.75) is 20.8 Å². The van der Waals surface area contributed by atoms with E-state index in [1.807, 2.05) is 50.2 Å². The highest BCUT2D eigenvalue weighted by molar-refractivity contribution is 6.05. The number of aryl methyl sites for hydroxylation is 1. The molecule has 2 aromatic heterocycles. The van der Waals surface area contributed by atoms with E-state index in [1.165, 1.54) is 5.56 Å². The number of anilines is 1. The summed E-state index contributed by atoms with van der Waals surface area (Å²) in [5.41, 5.74) is 7.28. The molecular weight excluding hydrogens is 426 g/mol. The van der Waals surface area contributed by atoms with Crippen LogP contribution in [0.4, 0.5) is 5.95 Å². The minimum absolute atomic E-state index is 0.273. The quantitative estimate of drug-likeness (QED) is 0.281. The topological polar surface area (TPSA) is 80.2 Å². The van der Waals surface area contributed by atoms with Gasteiger partial charge in [-0.05, 0) is 50.1 Å². The van der Waals surface area contributed by atoms with Gasteiger partial charge in [0.05, 0.1) is 23.9 Å². The third-order valence-electron chi connectivity index (χ3n) is 5.74. The molecule has 0 saturated heterocycles. The van der Waals surface area contributed by atoms with Crippen LogP contribution in [0.25, 0.3) is 38.7 Å².